The molecule has 1 atom stereocenters. The molecule has 4 heterocycles. The van der Waals surface area contributed by atoms with Gasteiger partial charge in [0.05, 0.1) is 35.8 Å². The van der Waals surface area contributed by atoms with Crippen molar-refractivity contribution >= 4 is 39.4 Å². The van der Waals surface area contributed by atoms with Crippen LogP contribution in [0.5, 0.6) is 5.75 Å². The number of carbonyl (C=O) groups is 2. The van der Waals surface area contributed by atoms with Gasteiger partial charge in [-0.05, 0) is 54.8 Å². The highest BCUT2D eigenvalue weighted by Gasteiger charge is 2.49. The zero-order chi connectivity index (χ0) is 35.8. The van der Waals surface area contributed by atoms with Gasteiger partial charge in [0.25, 0.3) is 11.8 Å². The summed E-state index contributed by atoms with van der Waals surface area (Å²) in [5, 5.41) is 1.30. The maximum atomic E-state index is 14.9. The quantitative estimate of drug-likeness (QED) is 0.141. The Bertz CT molecular complexity index is 2810. The van der Waals surface area contributed by atoms with Crippen LogP contribution < -0.4 is 20.9 Å². The third-order valence-corrected chi connectivity index (χ3v) is 9.95. The fourth-order valence-electron chi connectivity index (χ4n) is 7.60. The standard InChI is InChI=1S/C42H29N3O7/c1-22-17-36(47)52-33-21-34(50-3)31(20-27(22)33)45-41(48)28-19-29-39(37(38(28)42(45)49)24-10-6-4-7-11-24)44(40(43-29)25-12-8-5-9-13-25)30-18-26-14-15-35(46)51-32(26)16-23(30)2/h4-18,20-21,37H,19H2,1-3H3. The number of ether oxygens (including phenoxy) is 1. The first-order chi connectivity index (χ1) is 25.2. The number of aryl methyl sites for hydroxylation is 2. The highest BCUT2D eigenvalue weighted by Crippen LogP contribution is 2.49. The maximum Gasteiger partial charge on any atom is 0.336 e. The van der Waals surface area contributed by atoms with Gasteiger partial charge in [0.1, 0.15) is 22.7 Å². The Balaban J connectivity index is 1.29. The number of carbonyl (C=O) groups excluding carboxylic acids is 2. The first kappa shape index (κ1) is 31.2. The van der Waals surface area contributed by atoms with Crippen LogP contribution in [-0.4, -0.2) is 28.5 Å². The van der Waals surface area contributed by atoms with Gasteiger partial charge in [-0.3, -0.25) is 14.2 Å². The molecule has 7 aromatic rings. The van der Waals surface area contributed by atoms with Crippen molar-refractivity contribution < 1.29 is 23.2 Å². The first-order valence-corrected chi connectivity index (χ1v) is 16.7. The molecule has 254 valence electrons. The summed E-state index contributed by atoms with van der Waals surface area (Å²) in [6, 6.07) is 30.9. The summed E-state index contributed by atoms with van der Waals surface area (Å²) in [5.41, 5.74) is 6.09. The number of imide groups is 1. The highest BCUT2D eigenvalue weighted by molar-refractivity contribution is 6.34. The molecule has 0 radical (unpaired) electrons. The van der Waals surface area contributed by atoms with Crippen molar-refractivity contribution in [3.63, 3.8) is 0 Å². The van der Waals surface area contributed by atoms with Gasteiger partial charge < -0.3 is 13.6 Å². The van der Waals surface area contributed by atoms with Crippen LogP contribution in [0.2, 0.25) is 0 Å². The number of benzene rings is 4. The molecular weight excluding hydrogens is 658 g/mol. The van der Waals surface area contributed by atoms with E-state index in [4.69, 9.17) is 18.6 Å². The molecule has 10 heteroatoms. The van der Waals surface area contributed by atoms with Gasteiger partial charge in [-0.1, -0.05) is 60.7 Å². The van der Waals surface area contributed by atoms with Crippen LogP contribution in [0.25, 0.3) is 39.0 Å². The van der Waals surface area contributed by atoms with E-state index < -0.39 is 29.0 Å². The van der Waals surface area contributed by atoms with E-state index in [2.05, 4.69) is 4.57 Å². The van der Waals surface area contributed by atoms with Crippen LogP contribution >= 0.6 is 0 Å². The minimum Gasteiger partial charge on any atom is -0.494 e. The molecule has 9 rings (SSSR count). The summed E-state index contributed by atoms with van der Waals surface area (Å²) in [5.74, 6) is -0.756. The summed E-state index contributed by atoms with van der Waals surface area (Å²) in [6.45, 7) is 3.71. The van der Waals surface area contributed by atoms with Gasteiger partial charge in [-0.25, -0.2) is 19.5 Å². The number of hydrogen-bond acceptors (Lipinski definition) is 8. The number of rotatable bonds is 5. The number of fused-ring (bicyclic) bond motifs is 3. The molecule has 2 aliphatic rings. The number of anilines is 1. The molecule has 0 N–H and O–H groups in total. The van der Waals surface area contributed by atoms with Crippen LogP contribution in [0, 0.1) is 13.8 Å². The van der Waals surface area contributed by atoms with E-state index in [0.717, 1.165) is 33.5 Å². The third kappa shape index (κ3) is 4.68. The van der Waals surface area contributed by atoms with Crippen LogP contribution in [0.3, 0.4) is 0 Å². The molecule has 1 unspecified atom stereocenters. The zero-order valence-electron chi connectivity index (χ0n) is 28.3. The number of imidazole rings is 1. The van der Waals surface area contributed by atoms with Crippen LogP contribution in [0.15, 0.2) is 133 Å². The molecule has 0 saturated carbocycles. The smallest absolute Gasteiger partial charge is 0.336 e. The van der Waals surface area contributed by atoms with Gasteiger partial charge >= 0.3 is 11.3 Å². The summed E-state index contributed by atoms with van der Waals surface area (Å²) in [4.78, 5) is 60.2. The summed E-state index contributed by atoms with van der Waals surface area (Å²) < 4.78 is 18.7. The third-order valence-electron chi connectivity index (χ3n) is 9.95. The number of amides is 2. The second-order valence-corrected chi connectivity index (χ2v) is 13.0. The molecule has 1 aliphatic heterocycles. The Labute approximate surface area is 295 Å². The van der Waals surface area contributed by atoms with Crippen molar-refractivity contribution in [2.24, 2.45) is 0 Å². The summed E-state index contributed by atoms with van der Waals surface area (Å²) in [7, 11) is 1.44. The first-order valence-electron chi connectivity index (χ1n) is 16.7. The molecular formula is C42H29N3O7. The Morgan fingerprint density at radius 3 is 2.21 bits per heavy atom. The Hall–Kier alpha value is -6.81. The van der Waals surface area contributed by atoms with Gasteiger partial charge in [0, 0.05) is 52.1 Å². The van der Waals surface area contributed by atoms with Crippen LogP contribution in [-0.2, 0) is 16.0 Å². The van der Waals surface area contributed by atoms with Crippen molar-refractivity contribution in [3.8, 4) is 22.8 Å². The SMILES string of the molecule is COc1cc2oc(=O)cc(C)c2cc1N1C(=O)C2=C(C1=O)C(c1ccccc1)c1c(nc(-c3ccccc3)n1-c1cc3ccc(=O)oc3cc1C)C2. The number of nitrogens with zero attached hydrogens (tertiary/aromatic N) is 3. The predicted molar refractivity (Wildman–Crippen MR) is 195 cm³/mol. The van der Waals surface area contributed by atoms with Crippen molar-refractivity contribution in [1.29, 1.82) is 0 Å². The molecule has 2 amide bonds. The van der Waals surface area contributed by atoms with E-state index in [1.807, 2.05) is 79.7 Å². The van der Waals surface area contributed by atoms with Crippen LogP contribution in [0.1, 0.15) is 34.0 Å². The molecule has 3 aromatic heterocycles. The van der Waals surface area contributed by atoms with Gasteiger partial charge in [0.15, 0.2) is 0 Å². The zero-order valence-corrected chi connectivity index (χ0v) is 28.3. The molecule has 10 nitrogen and oxygen atoms in total. The Morgan fingerprint density at radius 1 is 0.731 bits per heavy atom. The minimum atomic E-state index is -0.679. The van der Waals surface area contributed by atoms with Crippen molar-refractivity contribution in [1.82, 2.24) is 9.55 Å². The molecule has 0 fully saturated rings. The average Bonchev–Trinajstić information content (AvgIpc) is 3.64. The number of aromatic nitrogens is 2. The molecule has 4 aromatic carbocycles. The summed E-state index contributed by atoms with van der Waals surface area (Å²) in [6.07, 6.45) is 0.118. The van der Waals surface area contributed by atoms with E-state index in [1.54, 1.807) is 19.1 Å². The Morgan fingerprint density at radius 2 is 1.46 bits per heavy atom. The molecule has 0 spiro atoms. The van der Waals surface area contributed by atoms with E-state index in [1.165, 1.54) is 30.2 Å². The normalized spacial score (nSPS) is 15.4. The largest absolute Gasteiger partial charge is 0.494 e. The van der Waals surface area contributed by atoms with E-state index >= 15 is 0 Å². The number of methoxy groups -OCH3 is 1. The fourth-order valence-corrected chi connectivity index (χ4v) is 7.60. The lowest BCUT2D eigenvalue weighted by Gasteiger charge is -2.27. The monoisotopic (exact) mass is 687 g/mol. The maximum absolute atomic E-state index is 14.9. The fraction of sp³-hybridized carbons (Fsp3) is 0.119. The van der Waals surface area contributed by atoms with Crippen molar-refractivity contribution in [2.75, 3.05) is 12.0 Å². The molecule has 52 heavy (non-hydrogen) atoms. The topological polar surface area (TPSA) is 125 Å². The number of hydrogen-bond donors (Lipinski definition) is 0. The molecule has 0 saturated heterocycles. The minimum absolute atomic E-state index is 0.118. The van der Waals surface area contributed by atoms with Gasteiger partial charge in [-0.2, -0.15) is 0 Å². The van der Waals surface area contributed by atoms with E-state index in [-0.39, 0.29) is 23.4 Å². The van der Waals surface area contributed by atoms with E-state index in [9.17, 15) is 19.2 Å². The van der Waals surface area contributed by atoms with E-state index in [0.29, 0.717) is 39.2 Å². The van der Waals surface area contributed by atoms with Crippen molar-refractivity contribution in [2.45, 2.75) is 26.2 Å². The molecule has 0 bridgehead atoms. The van der Waals surface area contributed by atoms with Crippen molar-refractivity contribution in [3.05, 3.63) is 163 Å². The lowest BCUT2D eigenvalue weighted by molar-refractivity contribution is -0.120. The summed E-state index contributed by atoms with van der Waals surface area (Å²) >= 11 is 0. The highest BCUT2D eigenvalue weighted by atomic mass is 16.5. The van der Waals surface area contributed by atoms with Gasteiger partial charge in [-0.15, -0.1) is 0 Å². The molecule has 1 aliphatic carbocycles. The predicted octanol–water partition coefficient (Wildman–Crippen LogP) is 6.94. The second-order valence-electron chi connectivity index (χ2n) is 13.0. The lowest BCUT2D eigenvalue weighted by atomic mass is 9.79. The Kier molecular flexibility index (Phi) is 6.98. The second kappa shape index (κ2) is 11.6. The van der Waals surface area contributed by atoms with Crippen LogP contribution in [0.4, 0.5) is 5.69 Å². The lowest BCUT2D eigenvalue weighted by Crippen LogP contribution is -2.32. The average molecular weight is 688 g/mol. The van der Waals surface area contributed by atoms with Gasteiger partial charge in [0.2, 0.25) is 0 Å².